The van der Waals surface area contributed by atoms with Gasteiger partial charge in [-0.25, -0.2) is 0 Å². The van der Waals surface area contributed by atoms with Crippen LogP contribution in [-0.4, -0.2) is 14.8 Å². The zero-order valence-electron chi connectivity index (χ0n) is 9.63. The van der Waals surface area contributed by atoms with Crippen LogP contribution in [0.4, 0.5) is 0 Å². The maximum atomic E-state index is 5.89. The van der Waals surface area contributed by atoms with Gasteiger partial charge in [0.25, 0.3) is 0 Å². The molecule has 1 aromatic heterocycles. The minimum Gasteiger partial charge on any atom is -0.310 e. The van der Waals surface area contributed by atoms with Gasteiger partial charge in [-0.05, 0) is 19.3 Å². The summed E-state index contributed by atoms with van der Waals surface area (Å²) in [6.45, 7) is 6.62. The van der Waals surface area contributed by atoms with Gasteiger partial charge >= 0.3 is 0 Å². The average Bonchev–Trinajstić information content (AvgIpc) is 2.97. The highest BCUT2D eigenvalue weighted by Gasteiger charge is 2.34. The van der Waals surface area contributed by atoms with Crippen LogP contribution in [0.25, 0.3) is 0 Å². The number of hydrogen-bond donors (Lipinski definition) is 0. The first-order chi connectivity index (χ1) is 7.10. The molecule has 0 radical (unpaired) electrons. The number of halogens is 1. The molecule has 0 unspecified atom stereocenters. The van der Waals surface area contributed by atoms with Gasteiger partial charge in [0.05, 0.1) is 5.88 Å². The molecule has 15 heavy (non-hydrogen) atoms. The largest absolute Gasteiger partial charge is 0.310 e. The van der Waals surface area contributed by atoms with E-state index in [-0.39, 0.29) is 5.41 Å². The van der Waals surface area contributed by atoms with E-state index >= 15 is 0 Å². The fraction of sp³-hybridized carbons (Fsp3) is 0.818. The second kappa shape index (κ2) is 3.78. The molecular formula is C11H18ClN3. The van der Waals surface area contributed by atoms with Crippen LogP contribution in [0.5, 0.6) is 0 Å². The van der Waals surface area contributed by atoms with Gasteiger partial charge in [-0.15, -0.1) is 21.8 Å². The second-order valence-corrected chi connectivity index (χ2v) is 5.18. The number of alkyl halides is 1. The van der Waals surface area contributed by atoms with Crippen molar-refractivity contribution in [3.8, 4) is 0 Å². The monoisotopic (exact) mass is 227 g/mol. The lowest BCUT2D eigenvalue weighted by Gasteiger charge is -2.22. The fourth-order valence-electron chi connectivity index (χ4n) is 1.75. The number of nitrogens with zero attached hydrogens (tertiary/aromatic N) is 3. The Bertz CT molecular complexity index is 353. The Labute approximate surface area is 95.8 Å². The quantitative estimate of drug-likeness (QED) is 0.741. The Morgan fingerprint density at radius 3 is 2.53 bits per heavy atom. The first kappa shape index (κ1) is 10.9. The summed E-state index contributed by atoms with van der Waals surface area (Å²) in [5, 5.41) is 8.51. The van der Waals surface area contributed by atoms with Crippen LogP contribution in [0.1, 0.15) is 57.7 Å². The Kier molecular flexibility index (Phi) is 2.75. The second-order valence-electron chi connectivity index (χ2n) is 4.91. The topological polar surface area (TPSA) is 30.7 Å². The average molecular weight is 228 g/mol. The van der Waals surface area contributed by atoms with Crippen molar-refractivity contribution in [1.82, 2.24) is 14.8 Å². The van der Waals surface area contributed by atoms with Crippen LogP contribution in [-0.2, 0) is 11.3 Å². The highest BCUT2D eigenvalue weighted by molar-refractivity contribution is 6.16. The molecule has 84 valence electrons. The maximum Gasteiger partial charge on any atom is 0.148 e. The van der Waals surface area contributed by atoms with Gasteiger partial charge in [0.1, 0.15) is 11.6 Å². The van der Waals surface area contributed by atoms with Crippen LogP contribution in [0.2, 0.25) is 0 Å². The van der Waals surface area contributed by atoms with Crippen molar-refractivity contribution >= 4 is 11.6 Å². The predicted octanol–water partition coefficient (Wildman–Crippen LogP) is 3.04. The van der Waals surface area contributed by atoms with Crippen LogP contribution in [0, 0.1) is 0 Å². The summed E-state index contributed by atoms with van der Waals surface area (Å²) in [4.78, 5) is 0. The number of aromatic nitrogens is 3. The molecule has 0 spiro atoms. The molecule has 1 aromatic rings. The molecule has 0 N–H and O–H groups in total. The molecule has 1 heterocycles. The molecule has 4 heteroatoms. The summed E-state index contributed by atoms with van der Waals surface area (Å²) < 4.78 is 2.26. The van der Waals surface area contributed by atoms with Crippen molar-refractivity contribution in [2.45, 2.75) is 57.4 Å². The maximum absolute atomic E-state index is 5.89. The summed E-state index contributed by atoms with van der Waals surface area (Å²) in [6.07, 6.45) is 3.56. The lowest BCUT2D eigenvalue weighted by molar-refractivity contribution is 0.441. The number of hydrogen-bond acceptors (Lipinski definition) is 2. The summed E-state index contributed by atoms with van der Waals surface area (Å²) in [5.41, 5.74) is 0.0971. The highest BCUT2D eigenvalue weighted by atomic mass is 35.5. The SMILES string of the molecule is CCC(C)(C)c1nnc(CCl)n1C1CC1. The van der Waals surface area contributed by atoms with Crippen molar-refractivity contribution in [2.75, 3.05) is 0 Å². The summed E-state index contributed by atoms with van der Waals surface area (Å²) in [7, 11) is 0. The van der Waals surface area contributed by atoms with Crippen LogP contribution in [0.3, 0.4) is 0 Å². The third-order valence-corrected chi connectivity index (χ3v) is 3.53. The molecule has 0 bridgehead atoms. The van der Waals surface area contributed by atoms with E-state index in [4.69, 9.17) is 11.6 Å². The standard InChI is InChI=1S/C11H18ClN3/c1-4-11(2,3)10-14-13-9(7-12)15(10)8-5-6-8/h8H,4-7H2,1-3H3. The molecule has 0 atom stereocenters. The molecule has 3 nitrogen and oxygen atoms in total. The van der Waals surface area contributed by atoms with Gasteiger partial charge in [-0.1, -0.05) is 20.8 Å². The molecular weight excluding hydrogens is 210 g/mol. The lowest BCUT2D eigenvalue weighted by Crippen LogP contribution is -2.22. The molecule has 1 aliphatic carbocycles. The van der Waals surface area contributed by atoms with E-state index < -0.39 is 0 Å². The minimum atomic E-state index is 0.0971. The van der Waals surface area contributed by atoms with Crippen molar-refractivity contribution in [2.24, 2.45) is 0 Å². The van der Waals surface area contributed by atoms with Crippen molar-refractivity contribution in [3.63, 3.8) is 0 Å². The van der Waals surface area contributed by atoms with Crippen LogP contribution >= 0.6 is 11.6 Å². The van der Waals surface area contributed by atoms with Gasteiger partial charge in [0, 0.05) is 11.5 Å². The molecule has 2 rings (SSSR count). The Hall–Kier alpha value is -0.570. The summed E-state index contributed by atoms with van der Waals surface area (Å²) in [5.74, 6) is 2.49. The number of rotatable bonds is 4. The van der Waals surface area contributed by atoms with E-state index in [1.165, 1.54) is 12.8 Å². The van der Waals surface area contributed by atoms with Crippen LogP contribution < -0.4 is 0 Å². The molecule has 0 amide bonds. The smallest absolute Gasteiger partial charge is 0.148 e. The van der Waals surface area contributed by atoms with E-state index in [0.717, 1.165) is 18.1 Å². The summed E-state index contributed by atoms with van der Waals surface area (Å²) >= 11 is 5.89. The molecule has 0 aromatic carbocycles. The molecule has 1 saturated carbocycles. The first-order valence-corrected chi connectivity index (χ1v) is 6.14. The third kappa shape index (κ3) is 1.89. The van der Waals surface area contributed by atoms with Crippen molar-refractivity contribution < 1.29 is 0 Å². The fourth-order valence-corrected chi connectivity index (χ4v) is 1.93. The van der Waals surface area contributed by atoms with E-state index in [1.54, 1.807) is 0 Å². The Morgan fingerprint density at radius 2 is 2.07 bits per heavy atom. The molecule has 0 saturated heterocycles. The van der Waals surface area contributed by atoms with Gasteiger partial charge in [-0.3, -0.25) is 0 Å². The van der Waals surface area contributed by atoms with E-state index in [1.807, 2.05) is 0 Å². The van der Waals surface area contributed by atoms with Crippen molar-refractivity contribution in [3.05, 3.63) is 11.6 Å². The summed E-state index contributed by atoms with van der Waals surface area (Å²) in [6, 6.07) is 0.606. The van der Waals surface area contributed by atoms with Gasteiger partial charge in [0.2, 0.25) is 0 Å². The van der Waals surface area contributed by atoms with Gasteiger partial charge < -0.3 is 4.57 Å². The highest BCUT2D eigenvalue weighted by Crippen LogP contribution is 2.40. The zero-order valence-corrected chi connectivity index (χ0v) is 10.4. The van der Waals surface area contributed by atoms with E-state index in [0.29, 0.717) is 11.9 Å². The first-order valence-electron chi connectivity index (χ1n) is 5.60. The van der Waals surface area contributed by atoms with Crippen LogP contribution in [0.15, 0.2) is 0 Å². The molecule has 0 aliphatic heterocycles. The predicted molar refractivity (Wildman–Crippen MR) is 61.2 cm³/mol. The Morgan fingerprint density at radius 1 is 1.40 bits per heavy atom. The van der Waals surface area contributed by atoms with Gasteiger partial charge in [0.15, 0.2) is 0 Å². The zero-order chi connectivity index (χ0) is 11.1. The van der Waals surface area contributed by atoms with E-state index in [9.17, 15) is 0 Å². The molecule has 1 fully saturated rings. The third-order valence-electron chi connectivity index (χ3n) is 3.29. The molecule has 1 aliphatic rings. The lowest BCUT2D eigenvalue weighted by atomic mass is 9.89. The normalized spacial score (nSPS) is 17.1. The minimum absolute atomic E-state index is 0.0971. The van der Waals surface area contributed by atoms with E-state index in [2.05, 4.69) is 35.5 Å². The van der Waals surface area contributed by atoms with Crippen molar-refractivity contribution in [1.29, 1.82) is 0 Å². The Balaban J connectivity index is 2.42. The van der Waals surface area contributed by atoms with Gasteiger partial charge in [-0.2, -0.15) is 0 Å².